The van der Waals surface area contributed by atoms with Crippen molar-refractivity contribution in [2.45, 2.75) is 24.1 Å². The minimum atomic E-state index is -0.135. The number of pyridine rings is 1. The first-order chi connectivity index (χ1) is 9.65. The second kappa shape index (κ2) is 6.34. The van der Waals surface area contributed by atoms with Crippen LogP contribution in [0.5, 0.6) is 0 Å². The average Bonchev–Trinajstić information content (AvgIpc) is 2.78. The summed E-state index contributed by atoms with van der Waals surface area (Å²) in [5, 5.41) is 1.07. The highest BCUT2D eigenvalue weighted by Crippen LogP contribution is 2.30. The van der Waals surface area contributed by atoms with Crippen molar-refractivity contribution in [3.63, 3.8) is 0 Å². The number of rotatable bonds is 3. The zero-order valence-electron chi connectivity index (χ0n) is 11.1. The van der Waals surface area contributed by atoms with Gasteiger partial charge < -0.3 is 4.57 Å². The van der Waals surface area contributed by atoms with Crippen molar-refractivity contribution in [3.8, 4) is 0 Å². The van der Waals surface area contributed by atoms with E-state index < -0.39 is 0 Å². The van der Waals surface area contributed by atoms with Crippen molar-refractivity contribution in [1.29, 1.82) is 0 Å². The molecule has 1 saturated heterocycles. The fourth-order valence-corrected chi connectivity index (χ4v) is 5.30. The van der Waals surface area contributed by atoms with Crippen molar-refractivity contribution in [3.05, 3.63) is 23.1 Å². The van der Waals surface area contributed by atoms with Crippen LogP contribution in [0.2, 0.25) is 5.02 Å². The summed E-state index contributed by atoms with van der Waals surface area (Å²) in [6.07, 6.45) is 1.67. The smallest absolute Gasteiger partial charge is 0.160 e. The summed E-state index contributed by atoms with van der Waals surface area (Å²) in [6, 6.07) is 1.85. The summed E-state index contributed by atoms with van der Waals surface area (Å²) >= 11 is 16.3. The number of imidazole rings is 1. The molecule has 1 aliphatic heterocycles. The van der Waals surface area contributed by atoms with E-state index in [-0.39, 0.29) is 5.38 Å². The Balaban J connectivity index is 1.99. The molecule has 0 spiro atoms. The number of hydrogen-bond acceptors (Lipinski definition) is 4. The minimum Gasteiger partial charge on any atom is -0.310 e. The lowest BCUT2D eigenvalue weighted by molar-refractivity contribution is 0.662. The lowest BCUT2D eigenvalue weighted by atomic mass is 10.4. The Kier molecular flexibility index (Phi) is 4.70. The molecule has 0 aromatic carbocycles. The topological polar surface area (TPSA) is 30.7 Å². The van der Waals surface area contributed by atoms with Crippen molar-refractivity contribution in [1.82, 2.24) is 14.5 Å². The first-order valence-corrected chi connectivity index (χ1v) is 9.52. The molecule has 1 aliphatic rings. The highest BCUT2D eigenvalue weighted by Gasteiger charge is 2.21. The van der Waals surface area contributed by atoms with E-state index in [9.17, 15) is 0 Å². The van der Waals surface area contributed by atoms with Gasteiger partial charge in [0.1, 0.15) is 11.3 Å². The second-order valence-electron chi connectivity index (χ2n) is 4.76. The summed E-state index contributed by atoms with van der Waals surface area (Å²) in [5.74, 6) is 4.52. The molecule has 0 aliphatic carbocycles. The van der Waals surface area contributed by atoms with Crippen molar-refractivity contribution >= 4 is 57.9 Å². The Morgan fingerprint density at radius 2 is 2.35 bits per heavy atom. The number of hydrogen-bond donors (Lipinski definition) is 0. The van der Waals surface area contributed by atoms with Crippen LogP contribution in [0.3, 0.4) is 0 Å². The van der Waals surface area contributed by atoms with E-state index in [0.29, 0.717) is 10.3 Å². The predicted molar refractivity (Wildman–Crippen MR) is 90.4 cm³/mol. The monoisotopic (exact) mass is 347 g/mol. The van der Waals surface area contributed by atoms with Crippen LogP contribution in [0.15, 0.2) is 12.3 Å². The fourth-order valence-electron chi connectivity index (χ4n) is 2.33. The molecular weight excluding hydrogens is 333 g/mol. The highest BCUT2D eigenvalue weighted by molar-refractivity contribution is 8.06. The SMILES string of the molecule is CC(Cl)c1nc2cc(Cl)cnc2n1CC1CSCCS1. The molecule has 20 heavy (non-hydrogen) atoms. The molecule has 0 N–H and O–H groups in total. The fraction of sp³-hybridized carbons (Fsp3) is 0.538. The highest BCUT2D eigenvalue weighted by atomic mass is 35.5. The van der Waals surface area contributed by atoms with Gasteiger partial charge in [0.2, 0.25) is 0 Å². The van der Waals surface area contributed by atoms with E-state index >= 15 is 0 Å². The van der Waals surface area contributed by atoms with E-state index in [4.69, 9.17) is 23.2 Å². The van der Waals surface area contributed by atoms with E-state index in [1.54, 1.807) is 6.20 Å². The maximum Gasteiger partial charge on any atom is 0.160 e. The molecule has 2 aromatic heterocycles. The molecule has 0 bridgehead atoms. The number of alkyl halides is 1. The van der Waals surface area contributed by atoms with Gasteiger partial charge in [0.15, 0.2) is 5.65 Å². The lowest BCUT2D eigenvalue weighted by Gasteiger charge is -2.22. The molecule has 2 aromatic rings. The van der Waals surface area contributed by atoms with E-state index in [0.717, 1.165) is 23.5 Å². The largest absolute Gasteiger partial charge is 0.310 e. The van der Waals surface area contributed by atoms with Crippen LogP contribution in [0.25, 0.3) is 11.2 Å². The summed E-state index contributed by atoms with van der Waals surface area (Å²) in [4.78, 5) is 9.05. The number of halogens is 2. The number of thioether (sulfide) groups is 2. The Morgan fingerprint density at radius 3 is 3.05 bits per heavy atom. The van der Waals surface area contributed by atoms with Crippen molar-refractivity contribution in [2.24, 2.45) is 0 Å². The zero-order chi connectivity index (χ0) is 14.1. The Labute approximate surface area is 136 Å². The summed E-state index contributed by atoms with van der Waals surface area (Å²) in [6.45, 7) is 2.86. The molecule has 0 saturated carbocycles. The first-order valence-electron chi connectivity index (χ1n) is 6.50. The number of aromatic nitrogens is 3. The molecule has 7 heteroatoms. The zero-order valence-corrected chi connectivity index (χ0v) is 14.2. The molecule has 3 heterocycles. The number of nitrogens with zero attached hydrogens (tertiary/aromatic N) is 3. The van der Waals surface area contributed by atoms with Gasteiger partial charge in [-0.1, -0.05) is 11.6 Å². The predicted octanol–water partition coefficient (Wildman–Crippen LogP) is 4.23. The summed E-state index contributed by atoms with van der Waals surface area (Å²) < 4.78 is 2.16. The van der Waals surface area contributed by atoms with Crippen LogP contribution in [0.1, 0.15) is 18.1 Å². The van der Waals surface area contributed by atoms with Crippen molar-refractivity contribution in [2.75, 3.05) is 17.3 Å². The second-order valence-corrected chi connectivity index (χ2v) is 8.41. The van der Waals surface area contributed by atoms with Crippen LogP contribution < -0.4 is 0 Å². The van der Waals surface area contributed by atoms with Gasteiger partial charge >= 0.3 is 0 Å². The summed E-state index contributed by atoms with van der Waals surface area (Å²) in [5.41, 5.74) is 1.71. The van der Waals surface area contributed by atoms with Crippen LogP contribution in [0, 0.1) is 0 Å². The van der Waals surface area contributed by atoms with Crippen LogP contribution in [-0.2, 0) is 6.54 Å². The summed E-state index contributed by atoms with van der Waals surface area (Å²) in [7, 11) is 0. The third-order valence-corrected chi connectivity index (χ3v) is 6.44. The standard InChI is InChI=1S/C13H15Cl2N3S2/c1-8(14)12-17-11-4-9(15)5-16-13(11)18(12)6-10-7-19-2-3-20-10/h4-5,8,10H,2-3,6-7H2,1H3. The third-order valence-electron chi connectivity index (χ3n) is 3.21. The van der Waals surface area contributed by atoms with Crippen LogP contribution >= 0.6 is 46.7 Å². The van der Waals surface area contributed by atoms with E-state index in [2.05, 4.69) is 14.5 Å². The van der Waals surface area contributed by atoms with Gasteiger partial charge in [-0.3, -0.25) is 0 Å². The molecule has 108 valence electrons. The maximum absolute atomic E-state index is 6.28. The molecule has 3 nitrogen and oxygen atoms in total. The molecule has 2 unspecified atom stereocenters. The molecule has 0 amide bonds. The van der Waals surface area contributed by atoms with Gasteiger partial charge in [0, 0.05) is 35.3 Å². The van der Waals surface area contributed by atoms with Gasteiger partial charge in [-0.05, 0) is 13.0 Å². The normalized spacial score (nSPS) is 21.2. The van der Waals surface area contributed by atoms with Crippen LogP contribution in [-0.4, -0.2) is 37.0 Å². The quantitative estimate of drug-likeness (QED) is 0.777. The van der Waals surface area contributed by atoms with Gasteiger partial charge in [-0.2, -0.15) is 23.5 Å². The molecule has 1 fully saturated rings. The average molecular weight is 348 g/mol. The maximum atomic E-state index is 6.28. The Bertz CT molecular complexity index is 609. The molecular formula is C13H15Cl2N3S2. The van der Waals surface area contributed by atoms with Crippen LogP contribution in [0.4, 0.5) is 0 Å². The van der Waals surface area contributed by atoms with E-state index in [1.165, 1.54) is 17.3 Å². The minimum absolute atomic E-state index is 0.135. The Morgan fingerprint density at radius 1 is 1.50 bits per heavy atom. The molecule has 0 radical (unpaired) electrons. The molecule has 2 atom stereocenters. The third kappa shape index (κ3) is 3.06. The van der Waals surface area contributed by atoms with Gasteiger partial charge in [-0.15, -0.1) is 11.6 Å². The molecule has 3 rings (SSSR count). The van der Waals surface area contributed by atoms with Gasteiger partial charge in [0.05, 0.1) is 10.4 Å². The number of fused-ring (bicyclic) bond motifs is 1. The van der Waals surface area contributed by atoms with E-state index in [1.807, 2.05) is 36.5 Å². The lowest BCUT2D eigenvalue weighted by Crippen LogP contribution is -2.22. The van der Waals surface area contributed by atoms with Crippen molar-refractivity contribution < 1.29 is 0 Å². The van der Waals surface area contributed by atoms with Gasteiger partial charge in [-0.25, -0.2) is 9.97 Å². The first kappa shape index (κ1) is 14.8. The van der Waals surface area contributed by atoms with Gasteiger partial charge in [0.25, 0.3) is 0 Å². The Hall–Kier alpha value is -0.100.